The molecular formula is C24H27F2N7O. The van der Waals surface area contributed by atoms with Crippen molar-refractivity contribution < 1.29 is 13.6 Å². The van der Waals surface area contributed by atoms with Crippen LogP contribution < -0.4 is 5.73 Å². The fourth-order valence-electron chi connectivity index (χ4n) is 3.61. The van der Waals surface area contributed by atoms with Crippen molar-refractivity contribution in [3.8, 4) is 5.69 Å². The molecule has 2 fully saturated rings. The lowest BCUT2D eigenvalue weighted by atomic mass is 10.1. The summed E-state index contributed by atoms with van der Waals surface area (Å²) in [5.74, 6) is -1.44. The van der Waals surface area contributed by atoms with E-state index in [-0.39, 0.29) is 18.7 Å². The first-order valence-corrected chi connectivity index (χ1v) is 11.1. The van der Waals surface area contributed by atoms with Crippen LogP contribution in [0.3, 0.4) is 0 Å². The molecule has 0 spiro atoms. The number of hydrogen-bond donors (Lipinski definition) is 2. The summed E-state index contributed by atoms with van der Waals surface area (Å²) in [7, 11) is 1.87. The molecule has 34 heavy (non-hydrogen) atoms. The number of hydrogen-bond acceptors (Lipinski definition) is 5. The molecule has 2 aliphatic rings. The van der Waals surface area contributed by atoms with E-state index in [2.05, 4.69) is 15.0 Å². The molecule has 3 N–H and O–H groups in total. The predicted octanol–water partition coefficient (Wildman–Crippen LogP) is 3.67. The Morgan fingerprint density at radius 3 is 2.62 bits per heavy atom. The third kappa shape index (κ3) is 5.69. The van der Waals surface area contributed by atoms with E-state index in [1.807, 2.05) is 34.8 Å². The highest BCUT2D eigenvalue weighted by Gasteiger charge is 2.32. The van der Waals surface area contributed by atoms with Crippen molar-refractivity contribution in [2.24, 2.45) is 16.6 Å². The van der Waals surface area contributed by atoms with Crippen LogP contribution in [0.2, 0.25) is 0 Å². The van der Waals surface area contributed by atoms with E-state index in [0.29, 0.717) is 36.0 Å². The van der Waals surface area contributed by atoms with Gasteiger partial charge in [-0.2, -0.15) is 0 Å². The zero-order valence-corrected chi connectivity index (χ0v) is 18.9. The van der Waals surface area contributed by atoms with Gasteiger partial charge in [0, 0.05) is 67.0 Å². The molecule has 0 unspecified atom stereocenters. The highest BCUT2D eigenvalue weighted by Crippen LogP contribution is 2.29. The number of pyridine rings is 2. The quantitative estimate of drug-likeness (QED) is 0.345. The van der Waals surface area contributed by atoms with Gasteiger partial charge in [-0.1, -0.05) is 0 Å². The summed E-state index contributed by atoms with van der Waals surface area (Å²) in [6, 6.07) is 5.50. The molecule has 1 saturated carbocycles. The molecule has 0 amide bonds. The number of aromatic nitrogens is 3. The molecule has 1 aliphatic heterocycles. The lowest BCUT2D eigenvalue weighted by Gasteiger charge is -2.28. The van der Waals surface area contributed by atoms with Crippen LogP contribution in [0, 0.1) is 11.3 Å². The Bertz CT molecular complexity index is 1220. The summed E-state index contributed by atoms with van der Waals surface area (Å²) in [5.41, 5.74) is 8.51. The Morgan fingerprint density at radius 2 is 1.97 bits per heavy atom. The first-order valence-electron chi connectivity index (χ1n) is 11.1. The second-order valence-electron chi connectivity index (χ2n) is 8.74. The lowest BCUT2D eigenvalue weighted by molar-refractivity contribution is -0.0504. The maximum atomic E-state index is 12.4. The molecule has 0 aromatic carbocycles. The van der Waals surface area contributed by atoms with Gasteiger partial charge in [0.1, 0.15) is 11.5 Å². The minimum absolute atomic E-state index is 0.0312. The van der Waals surface area contributed by atoms with Gasteiger partial charge in [0.25, 0.3) is 5.92 Å². The van der Waals surface area contributed by atoms with Crippen LogP contribution in [-0.2, 0) is 0 Å². The number of fused-ring (bicyclic) bond motifs is 1. The highest BCUT2D eigenvalue weighted by molar-refractivity contribution is 6.05. The average molecular weight is 468 g/mol. The van der Waals surface area contributed by atoms with Crippen LogP contribution in [0.15, 0.2) is 48.0 Å². The molecule has 178 valence electrons. The van der Waals surface area contributed by atoms with E-state index in [4.69, 9.17) is 11.1 Å². The van der Waals surface area contributed by atoms with Crippen molar-refractivity contribution in [1.29, 1.82) is 5.41 Å². The smallest absolute Gasteiger partial charge is 0.250 e. The zero-order valence-electron chi connectivity index (χ0n) is 18.9. The first kappa shape index (κ1) is 23.6. The Labute approximate surface area is 196 Å². The van der Waals surface area contributed by atoms with Gasteiger partial charge < -0.3 is 10.6 Å². The number of amidine groups is 2. The molecule has 4 heterocycles. The molecule has 3 aromatic rings. The van der Waals surface area contributed by atoms with E-state index < -0.39 is 5.92 Å². The van der Waals surface area contributed by atoms with Crippen LogP contribution in [-0.4, -0.2) is 63.5 Å². The molecule has 0 atom stereocenters. The summed E-state index contributed by atoms with van der Waals surface area (Å²) in [5, 5.41) is 9.01. The number of nitrogens with two attached hydrogens (primary N) is 1. The second kappa shape index (κ2) is 9.76. The Balaban J connectivity index is 0.000000257. The monoisotopic (exact) mass is 467 g/mol. The fraction of sp³-hybridized carbons (Fsp3) is 0.375. The number of nitrogens with zero attached hydrogens (tertiary/aromatic N) is 5. The maximum absolute atomic E-state index is 12.4. The molecule has 3 aromatic heterocycles. The largest absolute Gasteiger partial charge is 0.387 e. The van der Waals surface area contributed by atoms with Gasteiger partial charge in [0.05, 0.1) is 11.9 Å². The third-order valence-corrected chi connectivity index (χ3v) is 5.91. The number of aliphatic imine (C=N–C) groups is 1. The molecular weight excluding hydrogens is 440 g/mol. The second-order valence-corrected chi connectivity index (χ2v) is 8.74. The van der Waals surface area contributed by atoms with Crippen LogP contribution >= 0.6 is 0 Å². The first-order chi connectivity index (χ1) is 16.3. The number of nitrogens with one attached hydrogen (secondary N) is 1. The fourth-order valence-corrected chi connectivity index (χ4v) is 3.61. The van der Waals surface area contributed by atoms with Gasteiger partial charge in [-0.05, 0) is 38.1 Å². The van der Waals surface area contributed by atoms with E-state index in [9.17, 15) is 13.6 Å². The summed E-state index contributed by atoms with van der Waals surface area (Å²) in [4.78, 5) is 25.6. The number of carbonyl (C=O) groups is 1. The lowest BCUT2D eigenvalue weighted by Crippen LogP contribution is -2.36. The average Bonchev–Trinajstić information content (AvgIpc) is 3.61. The van der Waals surface area contributed by atoms with Crippen molar-refractivity contribution in [3.63, 3.8) is 0 Å². The number of rotatable bonds is 4. The topological polar surface area (TPSA) is 113 Å². The van der Waals surface area contributed by atoms with Gasteiger partial charge in [-0.3, -0.25) is 19.8 Å². The highest BCUT2D eigenvalue weighted by atomic mass is 19.3. The Hall–Kier alpha value is -3.53. The van der Waals surface area contributed by atoms with Crippen molar-refractivity contribution in [2.75, 3.05) is 20.1 Å². The van der Waals surface area contributed by atoms with Gasteiger partial charge >= 0.3 is 0 Å². The number of aldehydes is 1. The SMILES string of the molecule is CN1CCC(F)(F)CC1.N=C(N=C(N)C1CC1)c1cncc(-n2ccc3cc(C=O)cnc32)c1. The van der Waals surface area contributed by atoms with Crippen LogP contribution in [0.1, 0.15) is 41.6 Å². The number of carbonyl (C=O) groups excluding carboxylic acids is 1. The summed E-state index contributed by atoms with van der Waals surface area (Å²) in [6.07, 6.45) is 9.61. The van der Waals surface area contributed by atoms with Crippen molar-refractivity contribution in [1.82, 2.24) is 19.4 Å². The van der Waals surface area contributed by atoms with Crippen LogP contribution in [0.4, 0.5) is 8.78 Å². The minimum Gasteiger partial charge on any atom is -0.387 e. The molecule has 1 saturated heterocycles. The minimum atomic E-state index is -2.38. The Morgan fingerprint density at radius 1 is 1.24 bits per heavy atom. The van der Waals surface area contributed by atoms with E-state index in [1.165, 1.54) is 6.20 Å². The number of halogens is 2. The molecule has 0 radical (unpaired) electrons. The Kier molecular flexibility index (Phi) is 6.78. The zero-order chi connectivity index (χ0) is 24.3. The predicted molar refractivity (Wildman–Crippen MR) is 127 cm³/mol. The van der Waals surface area contributed by atoms with E-state index in [1.54, 1.807) is 18.5 Å². The normalized spacial score (nSPS) is 18.3. The standard InChI is InChI=1S/C18H16N6O.C6H11F2N/c19-16(12-1-2-12)23-17(20)14-6-15(9-21-8-14)24-4-3-13-5-11(10-25)7-22-18(13)24;1-9-4-2-6(7,8)3-5-9/h3-10,12H,1-2H2,(H3,19,20,23);2-5H2,1H3. The number of piperidine rings is 1. The summed E-state index contributed by atoms with van der Waals surface area (Å²) < 4.78 is 26.6. The van der Waals surface area contributed by atoms with Gasteiger partial charge in [0.2, 0.25) is 0 Å². The van der Waals surface area contributed by atoms with Gasteiger partial charge in [0.15, 0.2) is 12.1 Å². The van der Waals surface area contributed by atoms with Crippen molar-refractivity contribution in [3.05, 3.63) is 54.1 Å². The van der Waals surface area contributed by atoms with Crippen LogP contribution in [0.5, 0.6) is 0 Å². The number of alkyl halides is 2. The summed E-state index contributed by atoms with van der Waals surface area (Å²) >= 11 is 0. The maximum Gasteiger partial charge on any atom is 0.250 e. The summed E-state index contributed by atoms with van der Waals surface area (Å²) in [6.45, 7) is 1.07. The molecule has 10 heteroatoms. The van der Waals surface area contributed by atoms with Crippen molar-refractivity contribution in [2.45, 2.75) is 31.6 Å². The van der Waals surface area contributed by atoms with Crippen molar-refractivity contribution >= 4 is 29.0 Å². The third-order valence-electron chi connectivity index (χ3n) is 5.91. The van der Waals surface area contributed by atoms with Crippen LogP contribution in [0.25, 0.3) is 16.7 Å². The molecule has 1 aliphatic carbocycles. The molecule has 5 rings (SSSR count). The van der Waals surface area contributed by atoms with E-state index in [0.717, 1.165) is 35.8 Å². The molecule has 0 bridgehead atoms. The van der Waals surface area contributed by atoms with Gasteiger partial charge in [-0.25, -0.2) is 18.8 Å². The van der Waals surface area contributed by atoms with E-state index >= 15 is 0 Å². The van der Waals surface area contributed by atoms with Gasteiger partial charge in [-0.15, -0.1) is 0 Å². The number of likely N-dealkylation sites (tertiary alicyclic amines) is 1. The molecule has 8 nitrogen and oxygen atoms in total.